The van der Waals surface area contributed by atoms with E-state index in [2.05, 4.69) is 5.32 Å². The van der Waals surface area contributed by atoms with Gasteiger partial charge in [-0.2, -0.15) is 11.8 Å². The molecule has 0 aromatic heterocycles. The molecule has 0 spiro atoms. The summed E-state index contributed by atoms with van der Waals surface area (Å²) in [5.74, 6) is -6.19. The highest BCUT2D eigenvalue weighted by Gasteiger charge is 2.44. The molecule has 0 unspecified atom stereocenters. The third-order valence-corrected chi connectivity index (χ3v) is 5.33. The standard InChI is InChI=1S/C17H30N4O8S/c1-8(2)5-9(18)13(23)17(20,16(28)29)4-3-12(22)21-11(15(26)27)7-30-6-10(19)14(24)25/h8-11H,3-7,18-20H2,1-2H3,(H,21,22)(H,24,25)(H,26,27)(H,28,29)/t9-,10-,11+,17-/m0/s1. The Labute approximate surface area is 177 Å². The molecule has 12 nitrogen and oxygen atoms in total. The largest absolute Gasteiger partial charge is 0.480 e. The van der Waals surface area contributed by atoms with Crippen LogP contribution in [0, 0.1) is 5.92 Å². The fourth-order valence-electron chi connectivity index (χ4n) is 2.42. The van der Waals surface area contributed by atoms with E-state index < -0.39 is 66.1 Å². The number of carboxylic acid groups (broad SMARTS) is 3. The van der Waals surface area contributed by atoms with E-state index >= 15 is 0 Å². The number of carboxylic acids is 3. The molecule has 0 aliphatic heterocycles. The molecule has 0 aliphatic rings. The van der Waals surface area contributed by atoms with Crippen molar-refractivity contribution in [3.63, 3.8) is 0 Å². The smallest absolute Gasteiger partial charge is 0.331 e. The Morgan fingerprint density at radius 3 is 1.97 bits per heavy atom. The van der Waals surface area contributed by atoms with E-state index in [0.717, 1.165) is 11.8 Å². The van der Waals surface area contributed by atoms with Crippen LogP contribution < -0.4 is 22.5 Å². The first-order valence-corrected chi connectivity index (χ1v) is 10.3. The quantitative estimate of drug-likeness (QED) is 0.137. The Balaban J connectivity index is 4.93. The lowest BCUT2D eigenvalue weighted by molar-refractivity contribution is -0.150. The highest BCUT2D eigenvalue weighted by atomic mass is 32.2. The zero-order valence-corrected chi connectivity index (χ0v) is 17.7. The summed E-state index contributed by atoms with van der Waals surface area (Å²) in [6, 6.07) is -3.66. The number of amides is 1. The van der Waals surface area contributed by atoms with Crippen LogP contribution in [0.5, 0.6) is 0 Å². The highest BCUT2D eigenvalue weighted by Crippen LogP contribution is 2.17. The monoisotopic (exact) mass is 450 g/mol. The molecule has 0 heterocycles. The molecule has 0 rings (SSSR count). The van der Waals surface area contributed by atoms with Crippen LogP contribution in [0.15, 0.2) is 0 Å². The van der Waals surface area contributed by atoms with Crippen LogP contribution >= 0.6 is 11.8 Å². The second kappa shape index (κ2) is 12.5. The molecule has 30 heavy (non-hydrogen) atoms. The summed E-state index contributed by atoms with van der Waals surface area (Å²) in [4.78, 5) is 58.1. The number of nitrogens with two attached hydrogens (primary N) is 3. The summed E-state index contributed by atoms with van der Waals surface area (Å²) >= 11 is 0.920. The van der Waals surface area contributed by atoms with Crippen LogP contribution in [0.3, 0.4) is 0 Å². The third-order valence-electron chi connectivity index (χ3n) is 4.16. The van der Waals surface area contributed by atoms with Crippen molar-refractivity contribution in [1.82, 2.24) is 5.32 Å². The molecule has 0 bridgehead atoms. The van der Waals surface area contributed by atoms with Crippen LogP contribution in [0.2, 0.25) is 0 Å². The number of aliphatic carboxylic acids is 3. The molecule has 0 aliphatic carbocycles. The Morgan fingerprint density at radius 1 is 0.967 bits per heavy atom. The number of rotatable bonds is 15. The first-order chi connectivity index (χ1) is 13.7. The Morgan fingerprint density at radius 2 is 1.53 bits per heavy atom. The summed E-state index contributed by atoms with van der Waals surface area (Å²) in [5.41, 5.74) is 14.4. The van der Waals surface area contributed by atoms with Gasteiger partial charge in [-0.3, -0.25) is 14.4 Å². The van der Waals surface area contributed by atoms with Crippen LogP contribution in [0.1, 0.15) is 33.1 Å². The molecule has 10 N–H and O–H groups in total. The van der Waals surface area contributed by atoms with Gasteiger partial charge in [-0.1, -0.05) is 13.8 Å². The molecule has 4 atom stereocenters. The predicted molar refractivity (Wildman–Crippen MR) is 109 cm³/mol. The number of ketones is 1. The molecule has 0 aromatic rings. The molecular weight excluding hydrogens is 420 g/mol. The fourth-order valence-corrected chi connectivity index (χ4v) is 3.41. The normalized spacial score (nSPS) is 16.2. The lowest BCUT2D eigenvalue weighted by Crippen LogP contribution is -2.60. The summed E-state index contributed by atoms with van der Waals surface area (Å²) in [6.07, 6.45) is -0.873. The molecular formula is C17H30N4O8S. The van der Waals surface area contributed by atoms with Crippen molar-refractivity contribution < 1.29 is 39.3 Å². The number of nitrogens with one attached hydrogen (secondary N) is 1. The van der Waals surface area contributed by atoms with E-state index in [1.165, 1.54) is 0 Å². The Hall–Kier alpha value is -2.22. The van der Waals surface area contributed by atoms with Gasteiger partial charge in [0.15, 0.2) is 11.3 Å². The van der Waals surface area contributed by atoms with Gasteiger partial charge in [-0.05, 0) is 18.8 Å². The van der Waals surface area contributed by atoms with Crippen molar-refractivity contribution in [2.24, 2.45) is 23.1 Å². The number of hydrogen-bond acceptors (Lipinski definition) is 9. The Bertz CT molecular complexity index is 660. The van der Waals surface area contributed by atoms with Crippen LogP contribution in [-0.2, 0) is 24.0 Å². The summed E-state index contributed by atoms with van der Waals surface area (Å²) in [5, 5.41) is 29.5. The summed E-state index contributed by atoms with van der Waals surface area (Å²) in [6.45, 7) is 3.60. The molecule has 0 fully saturated rings. The zero-order chi connectivity index (χ0) is 23.6. The summed E-state index contributed by atoms with van der Waals surface area (Å²) in [7, 11) is 0. The predicted octanol–water partition coefficient (Wildman–Crippen LogP) is -1.79. The van der Waals surface area contributed by atoms with Crippen molar-refractivity contribution in [3.05, 3.63) is 0 Å². The van der Waals surface area contributed by atoms with Gasteiger partial charge in [0.05, 0.1) is 6.04 Å². The molecule has 0 saturated carbocycles. The van der Waals surface area contributed by atoms with Crippen LogP contribution in [-0.4, -0.2) is 80.1 Å². The minimum absolute atomic E-state index is 0.0216. The average molecular weight is 451 g/mol. The van der Waals surface area contributed by atoms with E-state index in [-0.39, 0.29) is 23.8 Å². The van der Waals surface area contributed by atoms with Gasteiger partial charge in [-0.15, -0.1) is 0 Å². The first kappa shape index (κ1) is 27.8. The molecule has 1 amide bonds. The Kier molecular flexibility index (Phi) is 11.5. The van der Waals surface area contributed by atoms with Crippen molar-refractivity contribution >= 4 is 41.4 Å². The van der Waals surface area contributed by atoms with Crippen molar-refractivity contribution in [2.75, 3.05) is 11.5 Å². The molecule has 172 valence electrons. The van der Waals surface area contributed by atoms with Gasteiger partial charge >= 0.3 is 17.9 Å². The minimum Gasteiger partial charge on any atom is -0.480 e. The van der Waals surface area contributed by atoms with Crippen molar-refractivity contribution in [2.45, 2.75) is 56.8 Å². The number of Topliss-reactive ketones (excluding diaryl/α,β-unsaturated/α-hetero) is 1. The fraction of sp³-hybridized carbons (Fsp3) is 0.706. The van der Waals surface area contributed by atoms with Crippen molar-refractivity contribution in [1.29, 1.82) is 0 Å². The van der Waals surface area contributed by atoms with E-state index in [1.807, 2.05) is 0 Å². The number of thioether (sulfide) groups is 1. The molecule has 0 saturated heterocycles. The van der Waals surface area contributed by atoms with Gasteiger partial charge in [0.2, 0.25) is 5.91 Å². The molecule has 0 aromatic carbocycles. The number of hydrogen-bond donors (Lipinski definition) is 7. The third kappa shape index (κ3) is 9.07. The zero-order valence-electron chi connectivity index (χ0n) is 16.9. The van der Waals surface area contributed by atoms with E-state index in [9.17, 15) is 34.2 Å². The second-order valence-corrected chi connectivity index (χ2v) is 8.39. The van der Waals surface area contributed by atoms with E-state index in [1.54, 1.807) is 13.8 Å². The minimum atomic E-state index is -2.38. The number of carbonyl (C=O) groups is 5. The van der Waals surface area contributed by atoms with E-state index in [4.69, 9.17) is 22.3 Å². The first-order valence-electron chi connectivity index (χ1n) is 9.12. The van der Waals surface area contributed by atoms with Gasteiger partial charge in [-0.25, -0.2) is 9.59 Å². The second-order valence-electron chi connectivity index (χ2n) is 7.32. The maximum Gasteiger partial charge on any atom is 0.331 e. The van der Waals surface area contributed by atoms with Crippen LogP contribution in [0.25, 0.3) is 0 Å². The maximum absolute atomic E-state index is 12.4. The van der Waals surface area contributed by atoms with Gasteiger partial charge < -0.3 is 37.8 Å². The number of carbonyl (C=O) groups excluding carboxylic acids is 2. The summed E-state index contributed by atoms with van der Waals surface area (Å²) < 4.78 is 0. The highest BCUT2D eigenvalue weighted by molar-refractivity contribution is 7.99. The van der Waals surface area contributed by atoms with Crippen molar-refractivity contribution in [3.8, 4) is 0 Å². The van der Waals surface area contributed by atoms with Crippen LogP contribution in [0.4, 0.5) is 0 Å². The SMILES string of the molecule is CC(C)C[C@H](N)C(=O)[C@@](N)(CCC(=O)N[C@H](CSC[C@H](N)C(=O)O)C(=O)O)C(=O)O. The van der Waals surface area contributed by atoms with Gasteiger partial charge in [0.1, 0.15) is 12.1 Å². The lowest BCUT2D eigenvalue weighted by Gasteiger charge is -2.27. The lowest BCUT2D eigenvalue weighted by atomic mass is 9.83. The molecule has 13 heteroatoms. The maximum atomic E-state index is 12.4. The van der Waals surface area contributed by atoms with Gasteiger partial charge in [0.25, 0.3) is 0 Å². The molecule has 0 radical (unpaired) electrons. The topological polar surface area (TPSA) is 236 Å². The van der Waals surface area contributed by atoms with Gasteiger partial charge in [0, 0.05) is 17.9 Å². The van der Waals surface area contributed by atoms with E-state index in [0.29, 0.717) is 0 Å². The average Bonchev–Trinajstić information content (AvgIpc) is 2.63.